The zero-order valence-corrected chi connectivity index (χ0v) is 16.5. The smallest absolute Gasteiger partial charge is 0.257 e. The maximum atomic E-state index is 13.0. The quantitative estimate of drug-likeness (QED) is 0.814. The van der Waals surface area contributed by atoms with Crippen LogP contribution in [0, 0.1) is 0 Å². The molecule has 3 rings (SSSR count). The normalized spacial score (nSPS) is 24.2. The number of carbonyl (C=O) groups is 3. The molecule has 0 saturated carbocycles. The van der Waals surface area contributed by atoms with Crippen molar-refractivity contribution in [3.8, 4) is 5.75 Å². The topological polar surface area (TPSA) is 97.0 Å². The number of hydrogen-bond donors (Lipinski definition) is 2. The van der Waals surface area contributed by atoms with Crippen LogP contribution < -0.4 is 15.4 Å². The van der Waals surface area contributed by atoms with Crippen molar-refractivity contribution in [3.05, 3.63) is 23.8 Å². The van der Waals surface area contributed by atoms with Gasteiger partial charge in [0.05, 0.1) is 24.1 Å². The molecule has 0 spiro atoms. The van der Waals surface area contributed by atoms with Crippen LogP contribution in [-0.4, -0.2) is 61.1 Å². The van der Waals surface area contributed by atoms with E-state index in [0.29, 0.717) is 43.0 Å². The fourth-order valence-corrected chi connectivity index (χ4v) is 3.78. The number of carbonyl (C=O) groups excluding carboxylic acids is 3. The van der Waals surface area contributed by atoms with Gasteiger partial charge >= 0.3 is 0 Å². The Morgan fingerprint density at radius 1 is 1.29 bits per heavy atom. The van der Waals surface area contributed by atoms with Gasteiger partial charge in [-0.1, -0.05) is 0 Å². The molecule has 28 heavy (non-hydrogen) atoms. The highest BCUT2D eigenvalue weighted by atomic mass is 16.5. The molecule has 0 aliphatic carbocycles. The van der Waals surface area contributed by atoms with E-state index >= 15 is 0 Å². The summed E-state index contributed by atoms with van der Waals surface area (Å²) in [5.41, 5.74) is 0.965. The third kappa shape index (κ3) is 4.44. The van der Waals surface area contributed by atoms with Crippen molar-refractivity contribution in [2.45, 2.75) is 51.4 Å². The lowest BCUT2D eigenvalue weighted by atomic mass is 9.94. The molecule has 152 valence electrons. The number of benzene rings is 1. The van der Waals surface area contributed by atoms with E-state index in [1.165, 1.54) is 6.92 Å². The van der Waals surface area contributed by atoms with E-state index in [0.717, 1.165) is 6.42 Å². The monoisotopic (exact) mass is 389 g/mol. The molecule has 0 radical (unpaired) electrons. The molecule has 1 saturated heterocycles. The van der Waals surface area contributed by atoms with Crippen molar-refractivity contribution in [1.29, 1.82) is 0 Å². The summed E-state index contributed by atoms with van der Waals surface area (Å²) in [7, 11) is 1.76. The first-order valence-electron chi connectivity index (χ1n) is 9.62. The van der Waals surface area contributed by atoms with Crippen LogP contribution in [0.25, 0.3) is 0 Å². The molecule has 0 aromatic heterocycles. The number of fused-ring (bicyclic) bond motifs is 2. The van der Waals surface area contributed by atoms with Gasteiger partial charge in [0.2, 0.25) is 11.8 Å². The second-order valence-electron chi connectivity index (χ2n) is 7.22. The number of nitrogens with one attached hydrogen (secondary N) is 2. The van der Waals surface area contributed by atoms with Crippen molar-refractivity contribution in [2.24, 2.45) is 0 Å². The minimum Gasteiger partial charge on any atom is -0.490 e. The molecular weight excluding hydrogens is 362 g/mol. The van der Waals surface area contributed by atoms with Crippen LogP contribution in [-0.2, 0) is 14.3 Å². The fourth-order valence-electron chi connectivity index (χ4n) is 3.78. The zero-order chi connectivity index (χ0) is 20.3. The maximum absolute atomic E-state index is 13.0. The van der Waals surface area contributed by atoms with Gasteiger partial charge in [0.15, 0.2) is 0 Å². The highest BCUT2D eigenvalue weighted by Crippen LogP contribution is 2.32. The van der Waals surface area contributed by atoms with E-state index in [2.05, 4.69) is 10.6 Å². The van der Waals surface area contributed by atoms with Gasteiger partial charge in [-0.15, -0.1) is 0 Å². The number of rotatable bonds is 4. The van der Waals surface area contributed by atoms with Gasteiger partial charge in [-0.3, -0.25) is 14.4 Å². The molecule has 0 unspecified atom stereocenters. The standard InChI is InChI=1S/C20H27N3O5/c1-4-21-19(25)10-14-6-7-16-18(28-14)11-27-17-8-5-13(22-12(2)24)9-15(17)20(26)23(16)3/h5,8-9,14,16,18H,4,6-7,10-11H2,1-3H3,(H,21,25)(H,22,24)/t14-,16+,18-/m0/s1. The number of amides is 3. The molecule has 8 nitrogen and oxygen atoms in total. The number of ether oxygens (including phenoxy) is 2. The summed E-state index contributed by atoms with van der Waals surface area (Å²) >= 11 is 0. The lowest BCUT2D eigenvalue weighted by Crippen LogP contribution is -2.53. The summed E-state index contributed by atoms with van der Waals surface area (Å²) in [6, 6.07) is 4.89. The molecule has 8 heteroatoms. The first kappa shape index (κ1) is 20.1. The zero-order valence-electron chi connectivity index (χ0n) is 16.5. The van der Waals surface area contributed by atoms with Crippen LogP contribution in [0.15, 0.2) is 18.2 Å². The summed E-state index contributed by atoms with van der Waals surface area (Å²) in [5.74, 6) is 0.0472. The van der Waals surface area contributed by atoms with Crippen LogP contribution in [0.2, 0.25) is 0 Å². The largest absolute Gasteiger partial charge is 0.490 e. The second kappa shape index (κ2) is 8.60. The highest BCUT2D eigenvalue weighted by molar-refractivity contribution is 5.99. The molecule has 2 aliphatic heterocycles. The van der Waals surface area contributed by atoms with Gasteiger partial charge in [-0.05, 0) is 38.0 Å². The van der Waals surface area contributed by atoms with Gasteiger partial charge in [0, 0.05) is 26.2 Å². The molecule has 3 amide bonds. The van der Waals surface area contributed by atoms with Crippen molar-refractivity contribution in [1.82, 2.24) is 10.2 Å². The van der Waals surface area contributed by atoms with E-state index < -0.39 is 0 Å². The molecule has 1 aromatic rings. The van der Waals surface area contributed by atoms with E-state index in [-0.39, 0.29) is 36.0 Å². The molecule has 2 N–H and O–H groups in total. The molecule has 3 atom stereocenters. The third-order valence-corrected chi connectivity index (χ3v) is 5.12. The van der Waals surface area contributed by atoms with Crippen molar-refractivity contribution in [3.63, 3.8) is 0 Å². The van der Waals surface area contributed by atoms with Gasteiger partial charge in [0.1, 0.15) is 18.5 Å². The van der Waals surface area contributed by atoms with Gasteiger partial charge in [-0.2, -0.15) is 0 Å². The van der Waals surface area contributed by atoms with Crippen molar-refractivity contribution >= 4 is 23.4 Å². The Bertz CT molecular complexity index is 766. The van der Waals surface area contributed by atoms with Crippen LogP contribution >= 0.6 is 0 Å². The van der Waals surface area contributed by atoms with Crippen LogP contribution in [0.4, 0.5) is 5.69 Å². The average molecular weight is 389 g/mol. The average Bonchev–Trinajstić information content (AvgIpc) is 2.65. The Hall–Kier alpha value is -2.61. The minimum atomic E-state index is -0.301. The fraction of sp³-hybridized carbons (Fsp3) is 0.550. The Labute approximate surface area is 164 Å². The second-order valence-corrected chi connectivity index (χ2v) is 7.22. The predicted octanol–water partition coefficient (Wildman–Crippen LogP) is 1.55. The molecule has 2 aliphatic rings. The molecular formula is C20H27N3O5. The van der Waals surface area contributed by atoms with E-state index in [9.17, 15) is 14.4 Å². The lowest BCUT2D eigenvalue weighted by Gasteiger charge is -2.42. The SMILES string of the molecule is CCNC(=O)C[C@@H]1CC[C@@H]2[C@H](COc3ccc(NC(C)=O)cc3C(=O)N2C)O1. The van der Waals surface area contributed by atoms with Gasteiger partial charge in [-0.25, -0.2) is 0 Å². The summed E-state index contributed by atoms with van der Waals surface area (Å²) < 4.78 is 12.0. The number of nitrogens with zero attached hydrogens (tertiary/aromatic N) is 1. The summed E-state index contributed by atoms with van der Waals surface area (Å²) in [4.78, 5) is 37.9. The van der Waals surface area contributed by atoms with Gasteiger partial charge in [0.25, 0.3) is 5.91 Å². The third-order valence-electron chi connectivity index (χ3n) is 5.12. The molecule has 2 heterocycles. The number of anilines is 1. The Morgan fingerprint density at radius 2 is 2.07 bits per heavy atom. The van der Waals surface area contributed by atoms with E-state index in [4.69, 9.17) is 9.47 Å². The first-order valence-corrected chi connectivity index (χ1v) is 9.62. The molecule has 0 bridgehead atoms. The summed E-state index contributed by atoms with van der Waals surface area (Å²) in [5, 5.41) is 5.48. The maximum Gasteiger partial charge on any atom is 0.257 e. The Morgan fingerprint density at radius 3 is 2.79 bits per heavy atom. The van der Waals surface area contributed by atoms with E-state index in [1.807, 2.05) is 6.92 Å². The summed E-state index contributed by atoms with van der Waals surface area (Å²) in [6.45, 7) is 4.19. The van der Waals surface area contributed by atoms with Crippen molar-refractivity contribution in [2.75, 3.05) is 25.5 Å². The Balaban J connectivity index is 1.77. The van der Waals surface area contributed by atoms with Crippen LogP contribution in [0.5, 0.6) is 5.75 Å². The van der Waals surface area contributed by atoms with Crippen molar-refractivity contribution < 1.29 is 23.9 Å². The minimum absolute atomic E-state index is 0.0296. The number of hydrogen-bond acceptors (Lipinski definition) is 5. The van der Waals surface area contributed by atoms with Crippen LogP contribution in [0.1, 0.15) is 43.5 Å². The Kier molecular flexibility index (Phi) is 6.18. The first-order chi connectivity index (χ1) is 13.4. The number of likely N-dealkylation sites (N-methyl/N-ethyl adjacent to an activating group) is 1. The van der Waals surface area contributed by atoms with E-state index in [1.54, 1.807) is 30.1 Å². The molecule has 1 fully saturated rings. The highest BCUT2D eigenvalue weighted by Gasteiger charge is 2.39. The van der Waals surface area contributed by atoms with Gasteiger partial charge < -0.3 is 25.0 Å². The van der Waals surface area contributed by atoms with Crippen LogP contribution in [0.3, 0.4) is 0 Å². The lowest BCUT2D eigenvalue weighted by molar-refractivity contribution is -0.134. The molecule has 1 aromatic carbocycles. The summed E-state index contributed by atoms with van der Waals surface area (Å²) in [6.07, 6.45) is 1.27. The predicted molar refractivity (Wildman–Crippen MR) is 103 cm³/mol.